The SMILES string of the molecule is O.[Ca+2].[O-][Cl+3]([O-])([O-])[O-].[O-][Cl+3]([O-])([O-])[O-]. The van der Waals surface area contributed by atoms with E-state index >= 15 is 0 Å². The molecule has 72 valence electrons. The maximum absolute atomic E-state index is 8.49. The van der Waals surface area contributed by atoms with E-state index in [4.69, 9.17) is 37.3 Å². The molecular formula is H2CaCl2O9. The van der Waals surface area contributed by atoms with E-state index < -0.39 is 20.5 Å². The molecule has 0 aromatic rings. The van der Waals surface area contributed by atoms with E-state index in [1.807, 2.05) is 0 Å². The van der Waals surface area contributed by atoms with Gasteiger partial charge < -0.3 is 5.48 Å². The van der Waals surface area contributed by atoms with Gasteiger partial charge in [-0.15, -0.1) is 20.5 Å². The molecule has 9 nitrogen and oxygen atoms in total. The van der Waals surface area contributed by atoms with Crippen molar-refractivity contribution < 1.29 is 63.2 Å². The fourth-order valence-corrected chi connectivity index (χ4v) is 0. The third-order valence-electron chi connectivity index (χ3n) is 0. The van der Waals surface area contributed by atoms with E-state index in [-0.39, 0.29) is 43.2 Å². The van der Waals surface area contributed by atoms with Crippen LogP contribution in [0.1, 0.15) is 0 Å². The van der Waals surface area contributed by atoms with Crippen molar-refractivity contribution in [2.24, 2.45) is 0 Å². The van der Waals surface area contributed by atoms with Gasteiger partial charge in [-0.2, -0.15) is 0 Å². The van der Waals surface area contributed by atoms with Gasteiger partial charge in [0.15, 0.2) is 0 Å². The first-order chi connectivity index (χ1) is 4.00. The number of halogens is 2. The summed E-state index contributed by atoms with van der Waals surface area (Å²) in [4.78, 5) is 0. The minimum atomic E-state index is -4.94. The molecule has 0 saturated carbocycles. The number of hydrogen-bond acceptors (Lipinski definition) is 8. The van der Waals surface area contributed by atoms with Gasteiger partial charge in [-0.1, -0.05) is 0 Å². The predicted molar refractivity (Wildman–Crippen MR) is 9.37 cm³/mol. The van der Waals surface area contributed by atoms with Crippen LogP contribution in [0.2, 0.25) is 0 Å². The summed E-state index contributed by atoms with van der Waals surface area (Å²) in [5, 5.41) is 0. The van der Waals surface area contributed by atoms with Crippen LogP contribution in [-0.4, -0.2) is 43.2 Å². The fourth-order valence-electron chi connectivity index (χ4n) is 0. The van der Waals surface area contributed by atoms with E-state index in [9.17, 15) is 0 Å². The molecule has 0 spiro atoms. The number of hydrogen-bond donors (Lipinski definition) is 0. The Bertz CT molecular complexity index is 55.5. The van der Waals surface area contributed by atoms with E-state index in [2.05, 4.69) is 0 Å². The van der Waals surface area contributed by atoms with Crippen molar-refractivity contribution in [2.75, 3.05) is 0 Å². The van der Waals surface area contributed by atoms with Crippen LogP contribution in [0.25, 0.3) is 0 Å². The van der Waals surface area contributed by atoms with Gasteiger partial charge in [0.1, 0.15) is 0 Å². The summed E-state index contributed by atoms with van der Waals surface area (Å²) in [6, 6.07) is 0. The van der Waals surface area contributed by atoms with Gasteiger partial charge in [0.2, 0.25) is 0 Å². The normalized spacial score (nSPS) is 10.0. The molecule has 0 aliphatic heterocycles. The first-order valence-electron chi connectivity index (χ1n) is 1.23. The summed E-state index contributed by atoms with van der Waals surface area (Å²) < 4.78 is 67.9. The van der Waals surface area contributed by atoms with Gasteiger partial charge >= 0.3 is 37.7 Å². The van der Waals surface area contributed by atoms with Crippen LogP contribution in [0.4, 0.5) is 0 Å². The maximum Gasteiger partial charge on any atom is 2.00 e. The summed E-state index contributed by atoms with van der Waals surface area (Å²) in [6.45, 7) is 0. The van der Waals surface area contributed by atoms with E-state index in [0.29, 0.717) is 0 Å². The molecule has 0 heterocycles. The molecule has 0 aliphatic carbocycles. The second-order valence-corrected chi connectivity index (χ2v) is 2.27. The maximum atomic E-state index is 8.49. The van der Waals surface area contributed by atoms with Crippen molar-refractivity contribution in [1.82, 2.24) is 0 Å². The molecule has 0 aromatic carbocycles. The Labute approximate surface area is 100 Å². The topological polar surface area (TPSA) is 216 Å². The minimum absolute atomic E-state index is 0. The van der Waals surface area contributed by atoms with E-state index in [1.54, 1.807) is 0 Å². The van der Waals surface area contributed by atoms with Crippen LogP contribution in [0.5, 0.6) is 0 Å². The first-order valence-corrected chi connectivity index (χ1v) is 3.70. The molecular weight excluding hydrogens is 255 g/mol. The van der Waals surface area contributed by atoms with Crippen LogP contribution in [-0.2, 0) is 0 Å². The first kappa shape index (κ1) is 23.4. The molecule has 0 fully saturated rings. The Balaban J connectivity index is -0.0000000457. The molecule has 0 radical (unpaired) electrons. The molecule has 2 N–H and O–H groups in total. The van der Waals surface area contributed by atoms with Crippen molar-refractivity contribution >= 4 is 37.7 Å². The average Bonchev–Trinajstić information content (AvgIpc) is 1.12. The van der Waals surface area contributed by atoms with Gasteiger partial charge in [0.25, 0.3) is 0 Å². The zero-order valence-electron chi connectivity index (χ0n) is 5.23. The van der Waals surface area contributed by atoms with Crippen LogP contribution in [0.3, 0.4) is 0 Å². The second kappa shape index (κ2) is 9.05. The molecule has 0 rings (SSSR count). The molecule has 12 heavy (non-hydrogen) atoms. The Morgan fingerprint density at radius 3 is 0.500 bits per heavy atom. The zero-order chi connectivity index (χ0) is 9.00. The monoisotopic (exact) mass is 256 g/mol. The summed E-state index contributed by atoms with van der Waals surface area (Å²) in [6.07, 6.45) is 0. The van der Waals surface area contributed by atoms with E-state index in [1.165, 1.54) is 0 Å². The molecule has 0 saturated heterocycles. The van der Waals surface area contributed by atoms with Crippen molar-refractivity contribution in [3.05, 3.63) is 0 Å². The number of rotatable bonds is 0. The Hall–Kier alpha value is 1.48. The van der Waals surface area contributed by atoms with Crippen molar-refractivity contribution in [1.29, 1.82) is 0 Å². The van der Waals surface area contributed by atoms with Crippen molar-refractivity contribution in [3.8, 4) is 0 Å². The molecule has 0 aromatic heterocycles. The van der Waals surface area contributed by atoms with Gasteiger partial charge in [0, 0.05) is 0 Å². The average molecular weight is 257 g/mol. The van der Waals surface area contributed by atoms with Gasteiger partial charge in [-0.25, -0.2) is 37.3 Å². The molecule has 0 atom stereocenters. The molecule has 0 bridgehead atoms. The zero-order valence-corrected chi connectivity index (χ0v) is 8.95. The third kappa shape index (κ3) is 576. The fraction of sp³-hybridized carbons (Fsp3) is 0. The summed E-state index contributed by atoms with van der Waals surface area (Å²) >= 11 is 0. The standard InChI is InChI=1S/Ca.2ClHO4.H2O/c;2*2-1(3,4)5;/h;2*(H,2,3,4,5);1H2/q+2;;;/p-2. The molecule has 0 amide bonds. The van der Waals surface area contributed by atoms with Crippen LogP contribution in [0.15, 0.2) is 0 Å². The predicted octanol–water partition coefficient (Wildman–Crippen LogP) is -10.7. The molecule has 0 unspecified atom stereocenters. The Kier molecular flexibility index (Phi) is 17.6. The minimum Gasteiger partial charge on any atom is -0.412 e. The largest absolute Gasteiger partial charge is 2.00 e. The van der Waals surface area contributed by atoms with Crippen molar-refractivity contribution in [3.63, 3.8) is 0 Å². The van der Waals surface area contributed by atoms with Crippen LogP contribution < -0.4 is 37.3 Å². The smallest absolute Gasteiger partial charge is 0.412 e. The van der Waals surface area contributed by atoms with Gasteiger partial charge in [-0.05, 0) is 0 Å². The van der Waals surface area contributed by atoms with E-state index in [0.717, 1.165) is 0 Å². The quantitative estimate of drug-likeness (QED) is 0.378. The van der Waals surface area contributed by atoms with Gasteiger partial charge in [0.05, 0.1) is 0 Å². The second-order valence-electron chi connectivity index (χ2n) is 0.756. The Morgan fingerprint density at radius 1 is 0.500 bits per heavy atom. The van der Waals surface area contributed by atoms with Crippen molar-refractivity contribution in [2.45, 2.75) is 0 Å². The van der Waals surface area contributed by atoms with Crippen LogP contribution in [0, 0.1) is 20.5 Å². The Morgan fingerprint density at radius 2 is 0.500 bits per heavy atom. The molecule has 12 heteroatoms. The summed E-state index contributed by atoms with van der Waals surface area (Å²) in [7, 11) is -9.89. The molecule has 0 aliphatic rings. The third-order valence-corrected chi connectivity index (χ3v) is 0. The summed E-state index contributed by atoms with van der Waals surface area (Å²) in [5.74, 6) is 0. The van der Waals surface area contributed by atoms with Gasteiger partial charge in [-0.3, -0.25) is 0 Å². The van der Waals surface area contributed by atoms with Crippen LogP contribution >= 0.6 is 0 Å². The summed E-state index contributed by atoms with van der Waals surface area (Å²) in [5.41, 5.74) is 0.